The van der Waals surface area contributed by atoms with Crippen molar-refractivity contribution in [3.8, 4) is 0 Å². The standard InChI is InChI=1S/C27H48/c1-3-5-6-7-23-10-14-25(15-11-23)27-19-16-26(17-20-27,18-21-27)24-12-8-22(4-2)9-13-24/h22-25H,3-21H2,1-2H3/t22-,23?,24-,25?,26?,27?. The third-order valence-electron chi connectivity index (χ3n) is 10.6. The summed E-state index contributed by atoms with van der Waals surface area (Å²) in [6.07, 6.45) is 29.6. The van der Waals surface area contributed by atoms with Crippen LogP contribution in [0.1, 0.15) is 136 Å². The number of hydrogen-bond acceptors (Lipinski definition) is 0. The van der Waals surface area contributed by atoms with Crippen LogP contribution < -0.4 is 0 Å². The van der Waals surface area contributed by atoms with Gasteiger partial charge in [0, 0.05) is 0 Å². The van der Waals surface area contributed by atoms with E-state index in [2.05, 4.69) is 13.8 Å². The van der Waals surface area contributed by atoms with Gasteiger partial charge in [-0.1, -0.05) is 71.6 Å². The van der Waals surface area contributed by atoms with Gasteiger partial charge < -0.3 is 0 Å². The molecule has 0 aliphatic heterocycles. The van der Waals surface area contributed by atoms with Crippen LogP contribution in [0.3, 0.4) is 0 Å². The van der Waals surface area contributed by atoms with Crippen molar-refractivity contribution in [1.82, 2.24) is 0 Å². The molecule has 156 valence electrons. The minimum atomic E-state index is 0.802. The lowest BCUT2D eigenvalue weighted by Gasteiger charge is -2.60. The summed E-state index contributed by atoms with van der Waals surface area (Å²) in [5, 5.41) is 0. The van der Waals surface area contributed by atoms with Crippen LogP contribution in [0, 0.1) is 34.5 Å². The van der Waals surface area contributed by atoms with Gasteiger partial charge in [0.25, 0.3) is 0 Å². The summed E-state index contributed by atoms with van der Waals surface area (Å²) in [5.74, 6) is 4.36. The van der Waals surface area contributed by atoms with Gasteiger partial charge in [-0.3, -0.25) is 0 Å². The fourth-order valence-electron chi connectivity index (χ4n) is 8.40. The largest absolute Gasteiger partial charge is 0.0654 e. The van der Waals surface area contributed by atoms with Crippen LogP contribution in [0.2, 0.25) is 0 Å². The normalized spacial score (nSPS) is 45.1. The molecule has 0 unspecified atom stereocenters. The Morgan fingerprint density at radius 1 is 0.556 bits per heavy atom. The first-order chi connectivity index (χ1) is 13.2. The Bertz CT molecular complexity index is 422. The summed E-state index contributed by atoms with van der Waals surface area (Å²) in [6.45, 7) is 4.76. The predicted molar refractivity (Wildman–Crippen MR) is 118 cm³/mol. The van der Waals surface area contributed by atoms with Gasteiger partial charge in [-0.25, -0.2) is 0 Å². The molecule has 5 rings (SSSR count). The highest BCUT2D eigenvalue weighted by Gasteiger charge is 2.54. The highest BCUT2D eigenvalue weighted by molar-refractivity contribution is 5.05. The van der Waals surface area contributed by atoms with Crippen molar-refractivity contribution in [1.29, 1.82) is 0 Å². The predicted octanol–water partition coefficient (Wildman–Crippen LogP) is 8.93. The average molecular weight is 373 g/mol. The summed E-state index contributed by atoms with van der Waals surface area (Å²) in [6, 6.07) is 0. The van der Waals surface area contributed by atoms with E-state index in [4.69, 9.17) is 0 Å². The van der Waals surface area contributed by atoms with Crippen LogP contribution >= 0.6 is 0 Å². The van der Waals surface area contributed by atoms with Crippen molar-refractivity contribution in [3.63, 3.8) is 0 Å². The van der Waals surface area contributed by atoms with Crippen molar-refractivity contribution in [3.05, 3.63) is 0 Å². The number of unbranched alkanes of at least 4 members (excludes halogenated alkanes) is 2. The Hall–Kier alpha value is 0. The molecule has 0 spiro atoms. The lowest BCUT2D eigenvalue weighted by Crippen LogP contribution is -2.49. The topological polar surface area (TPSA) is 0 Å². The SMILES string of the molecule is CCCCCC1CCC(C23CCC([C@H]4CC[C@H](CC)CC4)(CC2)CC3)CC1. The van der Waals surface area contributed by atoms with Gasteiger partial charge in [-0.2, -0.15) is 0 Å². The molecule has 0 aromatic rings. The molecule has 0 saturated heterocycles. The highest BCUT2D eigenvalue weighted by Crippen LogP contribution is 2.66. The van der Waals surface area contributed by atoms with Gasteiger partial charge in [-0.15, -0.1) is 0 Å². The molecule has 2 bridgehead atoms. The Morgan fingerprint density at radius 3 is 1.41 bits per heavy atom. The van der Waals surface area contributed by atoms with Crippen molar-refractivity contribution < 1.29 is 0 Å². The van der Waals surface area contributed by atoms with Crippen molar-refractivity contribution in [2.75, 3.05) is 0 Å². The van der Waals surface area contributed by atoms with E-state index >= 15 is 0 Å². The third-order valence-corrected chi connectivity index (χ3v) is 10.6. The second kappa shape index (κ2) is 8.79. The molecule has 0 amide bonds. The zero-order valence-corrected chi connectivity index (χ0v) is 18.7. The van der Waals surface area contributed by atoms with Crippen LogP contribution in [0.5, 0.6) is 0 Å². The van der Waals surface area contributed by atoms with Crippen molar-refractivity contribution in [2.45, 2.75) is 136 Å². The van der Waals surface area contributed by atoms with Crippen LogP contribution in [0.15, 0.2) is 0 Å². The summed E-state index contributed by atoms with van der Waals surface area (Å²) < 4.78 is 0. The molecule has 27 heavy (non-hydrogen) atoms. The van der Waals surface area contributed by atoms with Gasteiger partial charge in [0.2, 0.25) is 0 Å². The Balaban J connectivity index is 1.27. The molecule has 5 fully saturated rings. The lowest BCUT2D eigenvalue weighted by atomic mass is 9.45. The second-order valence-corrected chi connectivity index (χ2v) is 11.6. The first kappa shape index (κ1) is 20.3. The molecule has 0 aromatic heterocycles. The summed E-state index contributed by atoms with van der Waals surface area (Å²) >= 11 is 0. The summed E-state index contributed by atoms with van der Waals surface area (Å²) in [7, 11) is 0. The number of rotatable bonds is 7. The van der Waals surface area contributed by atoms with Gasteiger partial charge in [0.15, 0.2) is 0 Å². The van der Waals surface area contributed by atoms with E-state index in [1.807, 2.05) is 0 Å². The lowest BCUT2D eigenvalue weighted by molar-refractivity contribution is -0.0958. The molecule has 0 N–H and O–H groups in total. The smallest absolute Gasteiger partial charge is 0.0269 e. The van der Waals surface area contributed by atoms with Crippen molar-refractivity contribution >= 4 is 0 Å². The first-order valence-electron chi connectivity index (χ1n) is 13.2. The average Bonchev–Trinajstić information content (AvgIpc) is 2.76. The quantitative estimate of drug-likeness (QED) is 0.391. The highest BCUT2D eigenvalue weighted by atomic mass is 14.6. The van der Waals surface area contributed by atoms with Gasteiger partial charge in [0.1, 0.15) is 0 Å². The van der Waals surface area contributed by atoms with Crippen LogP contribution in [0.4, 0.5) is 0 Å². The molecular weight excluding hydrogens is 324 g/mol. The maximum atomic E-state index is 2.41. The Morgan fingerprint density at radius 2 is 1.00 bits per heavy atom. The zero-order chi connectivity index (χ0) is 18.7. The minimum Gasteiger partial charge on any atom is -0.0654 e. The molecule has 0 radical (unpaired) electrons. The Kier molecular flexibility index (Phi) is 6.60. The van der Waals surface area contributed by atoms with E-state index in [0.29, 0.717) is 0 Å². The number of fused-ring (bicyclic) bond motifs is 3. The van der Waals surface area contributed by atoms with E-state index in [0.717, 1.165) is 34.5 Å². The summed E-state index contributed by atoms with van der Waals surface area (Å²) in [5.41, 5.74) is 1.61. The van der Waals surface area contributed by atoms with E-state index in [1.54, 1.807) is 89.9 Å². The van der Waals surface area contributed by atoms with E-state index in [1.165, 1.54) is 32.1 Å². The fraction of sp³-hybridized carbons (Fsp3) is 1.00. The Labute approximate surface area is 170 Å². The minimum absolute atomic E-state index is 0.802. The van der Waals surface area contributed by atoms with E-state index in [-0.39, 0.29) is 0 Å². The molecular formula is C27H48. The molecule has 5 aliphatic carbocycles. The monoisotopic (exact) mass is 372 g/mol. The molecule has 0 heterocycles. The van der Waals surface area contributed by atoms with Gasteiger partial charge >= 0.3 is 0 Å². The van der Waals surface area contributed by atoms with Gasteiger partial charge in [-0.05, 0) is 98.7 Å². The molecule has 5 saturated carbocycles. The molecule has 0 heteroatoms. The van der Waals surface area contributed by atoms with Gasteiger partial charge in [0.05, 0.1) is 0 Å². The summed E-state index contributed by atoms with van der Waals surface area (Å²) in [4.78, 5) is 0. The van der Waals surface area contributed by atoms with Crippen LogP contribution in [-0.4, -0.2) is 0 Å². The van der Waals surface area contributed by atoms with Crippen LogP contribution in [0.25, 0.3) is 0 Å². The second-order valence-electron chi connectivity index (χ2n) is 11.6. The maximum Gasteiger partial charge on any atom is -0.0269 e. The first-order valence-corrected chi connectivity index (χ1v) is 13.2. The molecule has 0 atom stereocenters. The van der Waals surface area contributed by atoms with Crippen LogP contribution in [-0.2, 0) is 0 Å². The van der Waals surface area contributed by atoms with Crippen molar-refractivity contribution in [2.24, 2.45) is 34.5 Å². The molecule has 0 aromatic carbocycles. The molecule has 5 aliphatic rings. The zero-order valence-electron chi connectivity index (χ0n) is 18.7. The molecule has 0 nitrogen and oxygen atoms in total. The number of hydrogen-bond donors (Lipinski definition) is 0. The fourth-order valence-corrected chi connectivity index (χ4v) is 8.40. The van der Waals surface area contributed by atoms with E-state index < -0.39 is 0 Å². The van der Waals surface area contributed by atoms with E-state index in [9.17, 15) is 0 Å². The maximum absolute atomic E-state index is 2.41. The third kappa shape index (κ3) is 4.16.